The molecule has 158 valence electrons. The van der Waals surface area contributed by atoms with Gasteiger partial charge < -0.3 is 10.1 Å². The van der Waals surface area contributed by atoms with Gasteiger partial charge in [0.1, 0.15) is 11.8 Å². The van der Waals surface area contributed by atoms with Gasteiger partial charge in [-0.1, -0.05) is 43.7 Å². The van der Waals surface area contributed by atoms with Crippen LogP contribution in [0.25, 0.3) is 0 Å². The Morgan fingerprint density at radius 2 is 1.69 bits per heavy atom. The van der Waals surface area contributed by atoms with E-state index in [4.69, 9.17) is 4.74 Å². The summed E-state index contributed by atoms with van der Waals surface area (Å²) < 4.78 is 33.7. The van der Waals surface area contributed by atoms with Crippen molar-refractivity contribution in [2.75, 3.05) is 6.61 Å². The van der Waals surface area contributed by atoms with Crippen LogP contribution in [0.3, 0.4) is 0 Å². The molecule has 1 amide bonds. The number of sulfonamides is 1. The van der Waals surface area contributed by atoms with Gasteiger partial charge in [0, 0.05) is 6.04 Å². The molecule has 7 heteroatoms. The highest BCUT2D eigenvalue weighted by Crippen LogP contribution is 2.17. The Morgan fingerprint density at radius 1 is 1.03 bits per heavy atom. The van der Waals surface area contributed by atoms with Crippen molar-refractivity contribution in [2.45, 2.75) is 57.0 Å². The van der Waals surface area contributed by atoms with Crippen LogP contribution in [0.1, 0.15) is 39.2 Å². The van der Waals surface area contributed by atoms with E-state index in [-0.39, 0.29) is 23.3 Å². The first kappa shape index (κ1) is 22.9. The number of carbonyl (C=O) groups is 1. The van der Waals surface area contributed by atoms with E-state index in [1.165, 1.54) is 12.1 Å². The third-order valence-electron chi connectivity index (χ3n) is 4.45. The lowest BCUT2D eigenvalue weighted by molar-refractivity contribution is -0.123. The number of amides is 1. The van der Waals surface area contributed by atoms with Crippen LogP contribution in [0.2, 0.25) is 0 Å². The quantitative estimate of drug-likeness (QED) is 0.587. The predicted molar refractivity (Wildman–Crippen MR) is 114 cm³/mol. The Balaban J connectivity index is 2.21. The van der Waals surface area contributed by atoms with Gasteiger partial charge in [0.15, 0.2) is 0 Å². The van der Waals surface area contributed by atoms with E-state index >= 15 is 0 Å². The number of benzene rings is 2. The van der Waals surface area contributed by atoms with Crippen molar-refractivity contribution in [1.82, 2.24) is 10.0 Å². The number of hydrogen-bond acceptors (Lipinski definition) is 4. The molecule has 29 heavy (non-hydrogen) atoms. The molecule has 0 saturated heterocycles. The fourth-order valence-electron chi connectivity index (χ4n) is 3.02. The molecular weight excluding hydrogens is 388 g/mol. The van der Waals surface area contributed by atoms with E-state index in [9.17, 15) is 13.2 Å². The summed E-state index contributed by atoms with van der Waals surface area (Å²) in [4.78, 5) is 12.9. The molecule has 0 aliphatic heterocycles. The summed E-state index contributed by atoms with van der Waals surface area (Å²) in [7, 11) is -3.87. The van der Waals surface area contributed by atoms with Gasteiger partial charge in [-0.2, -0.15) is 4.72 Å². The summed E-state index contributed by atoms with van der Waals surface area (Å²) in [6.45, 7) is 6.32. The molecule has 0 unspecified atom stereocenters. The number of ether oxygens (including phenoxy) is 1. The lowest BCUT2D eigenvalue weighted by Gasteiger charge is -2.21. The van der Waals surface area contributed by atoms with E-state index in [1.807, 2.05) is 51.1 Å². The normalized spacial score (nSPS) is 13.5. The monoisotopic (exact) mass is 418 g/mol. The molecule has 2 N–H and O–H groups in total. The maximum atomic E-state index is 12.9. The van der Waals surface area contributed by atoms with Gasteiger partial charge in [-0.3, -0.25) is 4.79 Å². The van der Waals surface area contributed by atoms with Crippen molar-refractivity contribution < 1.29 is 17.9 Å². The van der Waals surface area contributed by atoms with Crippen LogP contribution >= 0.6 is 0 Å². The predicted octanol–water partition coefficient (Wildman–Crippen LogP) is 3.28. The molecule has 2 aromatic carbocycles. The topological polar surface area (TPSA) is 84.5 Å². The summed E-state index contributed by atoms with van der Waals surface area (Å²) in [5, 5.41) is 2.92. The van der Waals surface area contributed by atoms with Crippen LogP contribution in [-0.4, -0.2) is 33.0 Å². The molecule has 6 nitrogen and oxygen atoms in total. The van der Waals surface area contributed by atoms with Crippen molar-refractivity contribution in [3.8, 4) is 5.75 Å². The second-order valence-corrected chi connectivity index (χ2v) is 8.68. The fourth-order valence-corrected chi connectivity index (χ4v) is 4.22. The lowest BCUT2D eigenvalue weighted by atomic mass is 10.1. The number of nitrogens with one attached hydrogen (secondary N) is 2. The Morgan fingerprint density at radius 3 is 2.28 bits per heavy atom. The van der Waals surface area contributed by atoms with Gasteiger partial charge in [0.25, 0.3) is 0 Å². The summed E-state index contributed by atoms with van der Waals surface area (Å²) in [6.07, 6.45) is 2.03. The van der Waals surface area contributed by atoms with Gasteiger partial charge in [-0.05, 0) is 56.5 Å². The van der Waals surface area contributed by atoms with Crippen molar-refractivity contribution >= 4 is 15.9 Å². The molecule has 2 atom stereocenters. The Bertz CT molecular complexity index is 867. The first-order chi connectivity index (χ1) is 13.9. The Labute approximate surface area is 173 Å². The molecule has 0 spiro atoms. The summed E-state index contributed by atoms with van der Waals surface area (Å²) in [5.41, 5.74) is 0.880. The van der Waals surface area contributed by atoms with E-state index < -0.39 is 16.1 Å². The number of rotatable bonds is 11. The Hall–Kier alpha value is -2.38. The second kappa shape index (κ2) is 11.0. The van der Waals surface area contributed by atoms with Crippen LogP contribution in [0, 0.1) is 0 Å². The molecule has 0 aliphatic rings. The number of carbonyl (C=O) groups excluding carboxylic acids is 1. The third kappa shape index (κ3) is 7.18. The van der Waals surface area contributed by atoms with Crippen LogP contribution in [0.5, 0.6) is 5.75 Å². The van der Waals surface area contributed by atoms with Crippen LogP contribution in [0.15, 0.2) is 59.5 Å². The standard InChI is InChI=1S/C22H30N2O4S/c1-4-9-17(3)23-22(25)21(16-18-10-7-6-8-11-18)24-29(26,27)20-14-12-19(13-15-20)28-5-2/h6-8,10-15,17,21,24H,4-5,9,16H2,1-3H3,(H,23,25)/t17-,21+/m1/s1. The zero-order valence-electron chi connectivity index (χ0n) is 17.2. The summed E-state index contributed by atoms with van der Waals surface area (Å²) in [6, 6.07) is 14.6. The highest BCUT2D eigenvalue weighted by atomic mass is 32.2. The maximum Gasteiger partial charge on any atom is 0.241 e. The van der Waals surface area contributed by atoms with Gasteiger partial charge in [0.2, 0.25) is 15.9 Å². The van der Waals surface area contributed by atoms with Gasteiger partial charge in [-0.15, -0.1) is 0 Å². The van der Waals surface area contributed by atoms with Gasteiger partial charge in [0.05, 0.1) is 11.5 Å². The summed E-state index contributed by atoms with van der Waals surface area (Å²) >= 11 is 0. The molecule has 0 heterocycles. The molecule has 2 aromatic rings. The average Bonchev–Trinajstić information content (AvgIpc) is 2.69. The third-order valence-corrected chi connectivity index (χ3v) is 5.94. The van der Waals surface area contributed by atoms with Crippen molar-refractivity contribution in [3.63, 3.8) is 0 Å². The first-order valence-electron chi connectivity index (χ1n) is 9.95. The molecule has 0 aliphatic carbocycles. The zero-order valence-corrected chi connectivity index (χ0v) is 18.0. The molecular formula is C22H30N2O4S. The molecule has 0 bridgehead atoms. The van der Waals surface area contributed by atoms with Gasteiger partial charge >= 0.3 is 0 Å². The van der Waals surface area contributed by atoms with E-state index in [2.05, 4.69) is 10.0 Å². The van der Waals surface area contributed by atoms with E-state index in [1.54, 1.807) is 12.1 Å². The van der Waals surface area contributed by atoms with Crippen LogP contribution < -0.4 is 14.8 Å². The van der Waals surface area contributed by atoms with Crippen LogP contribution in [-0.2, 0) is 21.2 Å². The number of hydrogen-bond donors (Lipinski definition) is 2. The van der Waals surface area contributed by atoms with Gasteiger partial charge in [-0.25, -0.2) is 8.42 Å². The minimum atomic E-state index is -3.87. The molecule has 0 radical (unpaired) electrons. The maximum absolute atomic E-state index is 12.9. The van der Waals surface area contributed by atoms with Crippen LogP contribution in [0.4, 0.5) is 0 Å². The summed E-state index contributed by atoms with van der Waals surface area (Å²) in [5.74, 6) is 0.266. The molecule has 0 saturated carbocycles. The van der Waals surface area contributed by atoms with E-state index in [0.29, 0.717) is 12.4 Å². The SMILES string of the molecule is CCC[C@@H](C)NC(=O)[C@H](Cc1ccccc1)NS(=O)(=O)c1ccc(OCC)cc1. The highest BCUT2D eigenvalue weighted by Gasteiger charge is 2.27. The first-order valence-corrected chi connectivity index (χ1v) is 11.4. The smallest absolute Gasteiger partial charge is 0.241 e. The molecule has 0 fully saturated rings. The average molecular weight is 419 g/mol. The highest BCUT2D eigenvalue weighted by molar-refractivity contribution is 7.89. The van der Waals surface area contributed by atoms with Crippen molar-refractivity contribution in [3.05, 3.63) is 60.2 Å². The minimum absolute atomic E-state index is 0.0271. The van der Waals surface area contributed by atoms with Crippen molar-refractivity contribution in [1.29, 1.82) is 0 Å². The molecule has 2 rings (SSSR count). The zero-order chi connectivity index (χ0) is 21.3. The second-order valence-electron chi connectivity index (χ2n) is 6.97. The minimum Gasteiger partial charge on any atom is -0.494 e. The molecule has 0 aromatic heterocycles. The van der Waals surface area contributed by atoms with Crippen molar-refractivity contribution in [2.24, 2.45) is 0 Å². The largest absolute Gasteiger partial charge is 0.494 e. The Kier molecular flexibility index (Phi) is 8.67. The lowest BCUT2D eigenvalue weighted by Crippen LogP contribution is -2.50. The van der Waals surface area contributed by atoms with E-state index in [0.717, 1.165) is 18.4 Å². The fraction of sp³-hybridized carbons (Fsp3) is 0.409.